The second-order valence-electron chi connectivity index (χ2n) is 5.82. The summed E-state index contributed by atoms with van der Waals surface area (Å²) in [6.07, 6.45) is 5.78. The summed E-state index contributed by atoms with van der Waals surface area (Å²) >= 11 is 1.88. The van der Waals surface area contributed by atoms with Crippen molar-refractivity contribution in [1.82, 2.24) is 10.3 Å². The van der Waals surface area contributed by atoms with E-state index in [1.807, 2.05) is 17.8 Å². The van der Waals surface area contributed by atoms with E-state index < -0.39 is 0 Å². The number of hydrogen-bond acceptors (Lipinski definition) is 2. The first kappa shape index (κ1) is 12.5. The normalized spacial score (nSPS) is 24.6. The highest BCUT2D eigenvalue weighted by molar-refractivity contribution is 7.99. The van der Waals surface area contributed by atoms with Crippen LogP contribution >= 0.6 is 11.8 Å². The van der Waals surface area contributed by atoms with E-state index in [1.54, 1.807) is 5.56 Å². The Labute approximate surface area is 124 Å². The minimum Gasteiger partial charge on any atom is -0.349 e. The molecule has 2 nitrogen and oxygen atoms in total. The lowest BCUT2D eigenvalue weighted by atomic mass is 9.76. The predicted molar refractivity (Wildman–Crippen MR) is 86.7 cm³/mol. The van der Waals surface area contributed by atoms with Gasteiger partial charge in [0, 0.05) is 28.6 Å². The number of aromatic nitrogens is 1. The monoisotopic (exact) mass is 284 g/mol. The number of piperidine rings is 1. The fraction of sp³-hybridized carbons (Fsp3) is 0.412. The SMILES string of the molecule is C=CCSc1[nH]c2cccc3c2c1C[C@H]1NCCCC31. The van der Waals surface area contributed by atoms with Crippen LogP contribution in [0.25, 0.3) is 10.9 Å². The molecule has 1 aliphatic carbocycles. The average Bonchev–Trinajstić information content (AvgIpc) is 2.85. The van der Waals surface area contributed by atoms with Crippen LogP contribution in [-0.2, 0) is 6.42 Å². The molecule has 0 bridgehead atoms. The fourth-order valence-electron chi connectivity index (χ4n) is 3.85. The number of aromatic amines is 1. The number of rotatable bonds is 3. The quantitative estimate of drug-likeness (QED) is 0.662. The molecule has 0 spiro atoms. The van der Waals surface area contributed by atoms with Crippen LogP contribution in [0.1, 0.15) is 29.9 Å². The van der Waals surface area contributed by atoms with Crippen molar-refractivity contribution in [3.05, 3.63) is 42.0 Å². The van der Waals surface area contributed by atoms with Crippen molar-refractivity contribution in [2.45, 2.75) is 36.2 Å². The lowest BCUT2D eigenvalue weighted by molar-refractivity contribution is 0.344. The molecule has 20 heavy (non-hydrogen) atoms. The predicted octanol–water partition coefficient (Wildman–Crippen LogP) is 3.84. The minimum absolute atomic E-state index is 0.626. The van der Waals surface area contributed by atoms with Crippen LogP contribution in [0, 0.1) is 0 Å². The van der Waals surface area contributed by atoms with Gasteiger partial charge in [-0.1, -0.05) is 18.2 Å². The van der Waals surface area contributed by atoms with Crippen LogP contribution in [0.2, 0.25) is 0 Å². The van der Waals surface area contributed by atoms with Gasteiger partial charge in [0.15, 0.2) is 0 Å². The average molecular weight is 284 g/mol. The molecular weight excluding hydrogens is 264 g/mol. The van der Waals surface area contributed by atoms with Gasteiger partial charge in [-0.05, 0) is 43.0 Å². The molecule has 0 amide bonds. The Bertz CT molecular complexity index is 658. The number of H-pyrrole nitrogens is 1. The van der Waals surface area contributed by atoms with E-state index in [9.17, 15) is 0 Å². The minimum atomic E-state index is 0.626. The Morgan fingerprint density at radius 3 is 3.25 bits per heavy atom. The van der Waals surface area contributed by atoms with Crippen LogP contribution in [0.3, 0.4) is 0 Å². The highest BCUT2D eigenvalue weighted by Crippen LogP contribution is 2.43. The molecule has 4 rings (SSSR count). The van der Waals surface area contributed by atoms with Crippen LogP contribution in [0.15, 0.2) is 35.9 Å². The van der Waals surface area contributed by atoms with Crippen molar-refractivity contribution in [2.24, 2.45) is 0 Å². The first-order chi connectivity index (χ1) is 9.88. The molecule has 2 aromatic rings. The number of hydrogen-bond donors (Lipinski definition) is 2. The standard InChI is InChI=1S/C17H20N2S/c1-2-9-20-17-13-10-15-11(6-4-8-18-15)12-5-3-7-14(19-17)16(12)13/h2-3,5,7,11,15,18-19H,1,4,6,8-10H2/t11?,15-/m1/s1. The van der Waals surface area contributed by atoms with Gasteiger partial charge < -0.3 is 10.3 Å². The summed E-state index contributed by atoms with van der Waals surface area (Å²) < 4.78 is 0. The van der Waals surface area contributed by atoms with Gasteiger partial charge >= 0.3 is 0 Å². The summed E-state index contributed by atoms with van der Waals surface area (Å²) in [6.45, 7) is 5.01. The summed E-state index contributed by atoms with van der Waals surface area (Å²) in [5, 5.41) is 6.58. The molecule has 104 valence electrons. The van der Waals surface area contributed by atoms with Crippen molar-refractivity contribution in [3.63, 3.8) is 0 Å². The van der Waals surface area contributed by atoms with Gasteiger partial charge in [-0.25, -0.2) is 0 Å². The summed E-state index contributed by atoms with van der Waals surface area (Å²) in [7, 11) is 0. The molecule has 1 saturated heterocycles. The highest BCUT2D eigenvalue weighted by Gasteiger charge is 2.34. The van der Waals surface area contributed by atoms with Crippen molar-refractivity contribution in [2.75, 3.05) is 12.3 Å². The maximum absolute atomic E-state index is 3.84. The van der Waals surface area contributed by atoms with Gasteiger partial charge in [0.05, 0.1) is 5.03 Å². The molecule has 1 unspecified atom stereocenters. The molecule has 0 saturated carbocycles. The lowest BCUT2D eigenvalue weighted by Gasteiger charge is -2.37. The molecule has 2 aliphatic rings. The summed E-state index contributed by atoms with van der Waals surface area (Å²) in [5.74, 6) is 1.67. The van der Waals surface area contributed by atoms with E-state index >= 15 is 0 Å². The first-order valence-corrected chi connectivity index (χ1v) is 8.47. The van der Waals surface area contributed by atoms with Crippen molar-refractivity contribution < 1.29 is 0 Å². The maximum atomic E-state index is 3.84. The third-order valence-electron chi connectivity index (χ3n) is 4.67. The summed E-state index contributed by atoms with van der Waals surface area (Å²) in [6, 6.07) is 7.39. The van der Waals surface area contributed by atoms with Gasteiger partial charge in [-0.3, -0.25) is 0 Å². The van der Waals surface area contributed by atoms with Crippen molar-refractivity contribution in [1.29, 1.82) is 0 Å². The molecule has 1 aromatic heterocycles. The zero-order valence-corrected chi connectivity index (χ0v) is 12.4. The van der Waals surface area contributed by atoms with Crippen LogP contribution < -0.4 is 5.32 Å². The van der Waals surface area contributed by atoms with Crippen molar-refractivity contribution in [3.8, 4) is 0 Å². The number of fused-ring (bicyclic) bond motifs is 2. The Balaban J connectivity index is 1.87. The summed E-state index contributed by atoms with van der Waals surface area (Å²) in [4.78, 5) is 3.63. The molecule has 0 radical (unpaired) electrons. The second-order valence-corrected chi connectivity index (χ2v) is 6.85. The van der Waals surface area contributed by atoms with Gasteiger partial charge in [-0.15, -0.1) is 18.3 Å². The largest absolute Gasteiger partial charge is 0.349 e. The highest BCUT2D eigenvalue weighted by atomic mass is 32.2. The van der Waals surface area contributed by atoms with E-state index in [-0.39, 0.29) is 0 Å². The van der Waals surface area contributed by atoms with Crippen LogP contribution in [0.4, 0.5) is 0 Å². The van der Waals surface area contributed by atoms with Crippen molar-refractivity contribution >= 4 is 22.7 Å². The van der Waals surface area contributed by atoms with Gasteiger partial charge in [-0.2, -0.15) is 0 Å². The molecule has 1 aromatic carbocycles. The third kappa shape index (κ3) is 1.84. The zero-order valence-electron chi connectivity index (χ0n) is 11.6. The number of benzene rings is 1. The Morgan fingerprint density at radius 1 is 1.40 bits per heavy atom. The molecule has 1 fully saturated rings. The third-order valence-corrected chi connectivity index (χ3v) is 5.71. The Morgan fingerprint density at radius 2 is 2.35 bits per heavy atom. The molecule has 3 heteroatoms. The molecule has 2 heterocycles. The van der Waals surface area contributed by atoms with E-state index in [4.69, 9.17) is 0 Å². The molecule has 1 aliphatic heterocycles. The van der Waals surface area contributed by atoms with E-state index in [0.717, 1.165) is 5.75 Å². The lowest BCUT2D eigenvalue weighted by Crippen LogP contribution is -2.43. The second kappa shape index (κ2) is 4.97. The van der Waals surface area contributed by atoms with E-state index in [0.29, 0.717) is 12.0 Å². The maximum Gasteiger partial charge on any atom is 0.0768 e. The molecule has 2 atom stereocenters. The smallest absolute Gasteiger partial charge is 0.0768 e. The van der Waals surface area contributed by atoms with E-state index in [1.165, 1.54) is 47.3 Å². The summed E-state index contributed by atoms with van der Waals surface area (Å²) in [5.41, 5.74) is 4.40. The van der Waals surface area contributed by atoms with Crippen LogP contribution in [-0.4, -0.2) is 23.3 Å². The van der Waals surface area contributed by atoms with Gasteiger partial charge in [0.25, 0.3) is 0 Å². The van der Waals surface area contributed by atoms with Crippen LogP contribution in [0.5, 0.6) is 0 Å². The fourth-order valence-corrected chi connectivity index (χ4v) is 4.68. The topological polar surface area (TPSA) is 27.8 Å². The van der Waals surface area contributed by atoms with E-state index in [2.05, 4.69) is 35.1 Å². The number of nitrogens with one attached hydrogen (secondary N) is 2. The Hall–Kier alpha value is -1.19. The van der Waals surface area contributed by atoms with Gasteiger partial charge in [0.2, 0.25) is 0 Å². The molecular formula is C17H20N2S. The zero-order chi connectivity index (χ0) is 13.5. The molecule has 2 N–H and O–H groups in total. The van der Waals surface area contributed by atoms with Gasteiger partial charge in [0.1, 0.15) is 0 Å². The number of thioether (sulfide) groups is 1. The first-order valence-electron chi connectivity index (χ1n) is 7.49. The Kier molecular flexibility index (Phi) is 3.12.